The van der Waals surface area contributed by atoms with Gasteiger partial charge in [0.05, 0.1) is 41.7 Å². The van der Waals surface area contributed by atoms with Crippen LogP contribution in [0.25, 0.3) is 11.0 Å². The highest BCUT2D eigenvalue weighted by Gasteiger charge is 2.44. The van der Waals surface area contributed by atoms with Crippen molar-refractivity contribution in [1.29, 1.82) is 0 Å². The number of carbonyl (C=O) groups is 2. The Kier molecular flexibility index (Phi) is 5.11. The Balaban J connectivity index is 1.37. The molecular weight excluding hydrogens is 454 g/mol. The van der Waals surface area contributed by atoms with Crippen molar-refractivity contribution in [2.24, 2.45) is 10.9 Å². The normalized spacial score (nSPS) is 19.6. The molecule has 1 fully saturated rings. The molecule has 34 heavy (non-hydrogen) atoms. The number of rotatable bonds is 5. The number of aromatic nitrogens is 3. The van der Waals surface area contributed by atoms with Gasteiger partial charge in [-0.1, -0.05) is 12.1 Å². The van der Waals surface area contributed by atoms with Crippen molar-refractivity contribution in [3.63, 3.8) is 0 Å². The fraction of sp³-hybridized carbons (Fsp3) is 0.250. The van der Waals surface area contributed by atoms with E-state index in [4.69, 9.17) is 14.1 Å². The smallest absolute Gasteiger partial charge is 0.357 e. The van der Waals surface area contributed by atoms with Gasteiger partial charge in [0.1, 0.15) is 5.76 Å². The first-order valence-corrected chi connectivity index (χ1v) is 11.9. The minimum Gasteiger partial charge on any atom is -0.461 e. The quantitative estimate of drug-likeness (QED) is 0.375. The Morgan fingerprint density at radius 3 is 2.94 bits per heavy atom. The monoisotopic (exact) mass is 475 g/mol. The maximum atomic E-state index is 13.0. The molecule has 172 valence electrons. The number of ether oxygens (including phenoxy) is 1. The Morgan fingerprint density at radius 2 is 2.09 bits per heavy atom. The van der Waals surface area contributed by atoms with Crippen molar-refractivity contribution in [2.75, 3.05) is 19.7 Å². The van der Waals surface area contributed by atoms with Gasteiger partial charge in [-0.05, 0) is 43.0 Å². The zero-order valence-electron chi connectivity index (χ0n) is 18.3. The number of aliphatic imine (C=N–C) groups is 1. The van der Waals surface area contributed by atoms with Gasteiger partial charge in [0.25, 0.3) is 0 Å². The van der Waals surface area contributed by atoms with Gasteiger partial charge in [0, 0.05) is 24.0 Å². The third-order valence-electron chi connectivity index (χ3n) is 6.07. The third-order valence-corrected chi connectivity index (χ3v) is 6.88. The number of ketones is 1. The zero-order valence-corrected chi connectivity index (χ0v) is 19.1. The summed E-state index contributed by atoms with van der Waals surface area (Å²) < 4.78 is 11.4. The van der Waals surface area contributed by atoms with Gasteiger partial charge < -0.3 is 24.4 Å². The number of imidazole rings is 1. The number of carbonyl (C=O) groups excluding carboxylic acids is 2. The number of Topliss-reactive ketones (excluding diaryl/α,β-unsaturated/α-hetero) is 1. The number of para-hydroxylation sites is 2. The lowest BCUT2D eigenvalue weighted by Crippen LogP contribution is -2.48. The minimum atomic E-state index is -0.471. The molecule has 0 radical (unpaired) electrons. The summed E-state index contributed by atoms with van der Waals surface area (Å²) in [5.41, 5.74) is 4.08. The number of H-pyrrole nitrogens is 2. The second-order valence-corrected chi connectivity index (χ2v) is 9.13. The van der Waals surface area contributed by atoms with Crippen LogP contribution in [-0.4, -0.2) is 52.1 Å². The van der Waals surface area contributed by atoms with Crippen LogP contribution in [0, 0.1) is 5.92 Å². The summed E-state index contributed by atoms with van der Waals surface area (Å²) >= 11 is 1.38. The van der Waals surface area contributed by atoms with E-state index in [9.17, 15) is 9.59 Å². The van der Waals surface area contributed by atoms with E-state index in [-0.39, 0.29) is 30.5 Å². The third kappa shape index (κ3) is 3.46. The predicted molar refractivity (Wildman–Crippen MR) is 126 cm³/mol. The lowest BCUT2D eigenvalue weighted by Gasteiger charge is -2.33. The highest BCUT2D eigenvalue weighted by atomic mass is 32.2. The topological polar surface area (TPSA) is 125 Å². The van der Waals surface area contributed by atoms with E-state index in [0.29, 0.717) is 28.8 Å². The molecule has 0 spiro atoms. The first-order valence-electron chi connectivity index (χ1n) is 11.0. The first kappa shape index (κ1) is 20.9. The van der Waals surface area contributed by atoms with Crippen LogP contribution in [-0.2, 0) is 9.53 Å². The van der Waals surface area contributed by atoms with E-state index in [0.717, 1.165) is 21.8 Å². The second-order valence-electron chi connectivity index (χ2n) is 8.13. The Hall–Kier alpha value is -3.63. The number of furan rings is 1. The molecule has 6 rings (SSSR count). The van der Waals surface area contributed by atoms with Crippen LogP contribution in [0.5, 0.6) is 0 Å². The fourth-order valence-corrected chi connectivity index (χ4v) is 5.39. The van der Waals surface area contributed by atoms with Crippen LogP contribution < -0.4 is 5.32 Å². The molecule has 5 heterocycles. The predicted octanol–water partition coefficient (Wildman–Crippen LogP) is 3.82. The molecule has 0 saturated carbocycles. The molecule has 4 aromatic rings. The van der Waals surface area contributed by atoms with Crippen molar-refractivity contribution < 1.29 is 18.7 Å². The molecule has 1 aromatic carbocycles. The Labute approximate surface area is 198 Å². The lowest BCUT2D eigenvalue weighted by molar-refractivity contribution is -0.121. The van der Waals surface area contributed by atoms with Gasteiger partial charge in [-0.3, -0.25) is 9.79 Å². The number of hydrogen-bond acceptors (Lipinski definition) is 8. The van der Waals surface area contributed by atoms with Gasteiger partial charge in [0.15, 0.2) is 21.7 Å². The Morgan fingerprint density at radius 1 is 1.21 bits per heavy atom. The summed E-state index contributed by atoms with van der Waals surface area (Å²) in [5.74, 6) is -0.623. The average Bonchev–Trinajstić information content (AvgIpc) is 3.56. The highest BCUT2D eigenvalue weighted by molar-refractivity contribution is 7.99. The fourth-order valence-electron chi connectivity index (χ4n) is 4.62. The van der Waals surface area contributed by atoms with Crippen molar-refractivity contribution >= 4 is 45.9 Å². The number of nitrogens with zero attached hydrogens (tertiary/aromatic N) is 2. The standard InChI is InChI=1S/C24H21N5O4S/c1-2-32-23(31)22-21-12(9-26-22)19(20-15(27-21)10-25-11-16(20)30)17-7-8-18(33-17)34-24-28-13-5-3-4-6-14(13)29-24/h3-9,19-20,25-26H,2,10-11H2,1H3,(H,28,29). The van der Waals surface area contributed by atoms with E-state index in [2.05, 4.69) is 20.3 Å². The summed E-state index contributed by atoms with van der Waals surface area (Å²) in [6, 6.07) is 11.6. The van der Waals surface area contributed by atoms with Crippen LogP contribution in [0.2, 0.25) is 0 Å². The number of fused-ring (bicyclic) bond motifs is 3. The number of nitrogens with one attached hydrogen (secondary N) is 3. The zero-order chi connectivity index (χ0) is 23.2. The molecule has 2 aliphatic rings. The van der Waals surface area contributed by atoms with Crippen molar-refractivity contribution in [1.82, 2.24) is 20.3 Å². The first-order chi connectivity index (χ1) is 16.6. The summed E-state index contributed by atoms with van der Waals surface area (Å²) in [6.07, 6.45) is 1.73. The molecule has 1 saturated heterocycles. The van der Waals surface area contributed by atoms with Crippen LogP contribution in [0.15, 0.2) is 62.3 Å². The van der Waals surface area contributed by atoms with E-state index < -0.39 is 11.9 Å². The molecule has 2 unspecified atom stereocenters. The SMILES string of the molecule is CCOC(=O)c1[nH]cc2c1N=C1CNCC(=O)C1C2c1ccc(Sc2nc3ccccc3[nH]2)o1. The average molecular weight is 476 g/mol. The van der Waals surface area contributed by atoms with Gasteiger partial charge in [0.2, 0.25) is 0 Å². The summed E-state index contributed by atoms with van der Waals surface area (Å²) in [4.78, 5) is 41.0. The second kappa shape index (κ2) is 8.30. The summed E-state index contributed by atoms with van der Waals surface area (Å²) in [7, 11) is 0. The van der Waals surface area contributed by atoms with Gasteiger partial charge in [-0.2, -0.15) is 0 Å². The summed E-state index contributed by atoms with van der Waals surface area (Å²) in [5, 5.41) is 4.47. The van der Waals surface area contributed by atoms with E-state index >= 15 is 0 Å². The Bertz CT molecular complexity index is 1420. The number of piperidine rings is 1. The van der Waals surface area contributed by atoms with Crippen LogP contribution in [0.3, 0.4) is 0 Å². The highest BCUT2D eigenvalue weighted by Crippen LogP contribution is 2.46. The van der Waals surface area contributed by atoms with Crippen molar-refractivity contribution in [3.05, 3.63) is 59.6 Å². The molecule has 2 atom stereocenters. The van der Waals surface area contributed by atoms with Crippen molar-refractivity contribution in [2.45, 2.75) is 23.1 Å². The van der Waals surface area contributed by atoms with Crippen LogP contribution >= 0.6 is 11.8 Å². The van der Waals surface area contributed by atoms with Gasteiger partial charge in [-0.15, -0.1) is 0 Å². The molecule has 0 bridgehead atoms. The van der Waals surface area contributed by atoms with Gasteiger partial charge >= 0.3 is 5.97 Å². The summed E-state index contributed by atoms with van der Waals surface area (Å²) in [6.45, 7) is 2.76. The van der Waals surface area contributed by atoms with Gasteiger partial charge in [-0.25, -0.2) is 9.78 Å². The number of hydrogen-bond donors (Lipinski definition) is 3. The van der Waals surface area contributed by atoms with E-state index in [1.54, 1.807) is 13.1 Å². The number of benzene rings is 1. The van der Waals surface area contributed by atoms with Crippen molar-refractivity contribution in [3.8, 4) is 0 Å². The van der Waals surface area contributed by atoms with E-state index in [1.165, 1.54) is 11.8 Å². The molecule has 10 heteroatoms. The molecule has 3 aromatic heterocycles. The molecule has 9 nitrogen and oxygen atoms in total. The molecule has 0 aliphatic carbocycles. The van der Waals surface area contributed by atoms with Crippen LogP contribution in [0.4, 0.5) is 5.69 Å². The van der Waals surface area contributed by atoms with Crippen LogP contribution in [0.1, 0.15) is 34.7 Å². The molecular formula is C24H21N5O4S. The molecule has 3 N–H and O–H groups in total. The number of aromatic amines is 2. The molecule has 2 aliphatic heterocycles. The van der Waals surface area contributed by atoms with E-state index in [1.807, 2.05) is 36.4 Å². The largest absolute Gasteiger partial charge is 0.461 e. The maximum Gasteiger partial charge on any atom is 0.357 e. The molecule has 0 amide bonds. The lowest BCUT2D eigenvalue weighted by atomic mass is 9.75. The maximum absolute atomic E-state index is 13.0. The number of esters is 1. The minimum absolute atomic E-state index is 0.0439.